The maximum Gasteiger partial charge on any atom is 0.227 e. The number of nitrogens with two attached hydrogens (primary N) is 1. The number of amides is 1. The molecule has 1 saturated heterocycles. The van der Waals surface area contributed by atoms with Gasteiger partial charge >= 0.3 is 0 Å². The van der Waals surface area contributed by atoms with E-state index in [1.54, 1.807) is 0 Å². The SMILES string of the molecule is NS(=O)(=O)CC1CC(=O)N(c2c(F)cc(Br)cc2F)C1. The minimum atomic E-state index is -3.74. The van der Waals surface area contributed by atoms with E-state index in [-0.39, 0.29) is 17.4 Å². The first kappa shape index (κ1) is 15.3. The second kappa shape index (κ2) is 5.38. The van der Waals surface area contributed by atoms with Crippen LogP contribution in [0.3, 0.4) is 0 Å². The average molecular weight is 369 g/mol. The van der Waals surface area contributed by atoms with Gasteiger partial charge in [0.05, 0.1) is 5.75 Å². The molecule has 0 spiro atoms. The number of hydrogen-bond donors (Lipinski definition) is 1. The molecule has 0 radical (unpaired) electrons. The number of hydrogen-bond acceptors (Lipinski definition) is 3. The van der Waals surface area contributed by atoms with Gasteiger partial charge in [0.25, 0.3) is 0 Å². The molecule has 0 bridgehead atoms. The molecule has 0 aliphatic carbocycles. The lowest BCUT2D eigenvalue weighted by Crippen LogP contribution is -2.28. The van der Waals surface area contributed by atoms with Gasteiger partial charge in [-0.15, -0.1) is 0 Å². The van der Waals surface area contributed by atoms with Crippen LogP contribution in [0.2, 0.25) is 0 Å². The molecule has 1 aromatic rings. The molecular formula is C11H11BrF2N2O3S. The van der Waals surface area contributed by atoms with E-state index in [0.717, 1.165) is 17.0 Å². The molecule has 2 rings (SSSR count). The Morgan fingerprint density at radius 3 is 2.40 bits per heavy atom. The van der Waals surface area contributed by atoms with Crippen LogP contribution >= 0.6 is 15.9 Å². The molecule has 2 N–H and O–H groups in total. The molecule has 0 saturated carbocycles. The van der Waals surface area contributed by atoms with E-state index in [9.17, 15) is 22.0 Å². The van der Waals surface area contributed by atoms with Gasteiger partial charge in [-0.05, 0) is 12.1 Å². The monoisotopic (exact) mass is 368 g/mol. The summed E-state index contributed by atoms with van der Waals surface area (Å²) in [6.07, 6.45) is -0.106. The van der Waals surface area contributed by atoms with Crippen LogP contribution in [0.15, 0.2) is 16.6 Å². The van der Waals surface area contributed by atoms with Crippen LogP contribution in [-0.4, -0.2) is 26.6 Å². The molecule has 5 nitrogen and oxygen atoms in total. The number of primary sulfonamides is 1. The van der Waals surface area contributed by atoms with Gasteiger partial charge in [0.2, 0.25) is 15.9 Å². The number of carbonyl (C=O) groups is 1. The molecule has 9 heteroatoms. The van der Waals surface area contributed by atoms with Crippen LogP contribution in [0.25, 0.3) is 0 Å². The van der Waals surface area contributed by atoms with Crippen molar-refractivity contribution < 1.29 is 22.0 Å². The molecule has 1 heterocycles. The van der Waals surface area contributed by atoms with Crippen LogP contribution in [0.5, 0.6) is 0 Å². The third-order valence-electron chi connectivity index (χ3n) is 2.92. The highest BCUT2D eigenvalue weighted by molar-refractivity contribution is 9.10. The van der Waals surface area contributed by atoms with E-state index in [1.807, 2.05) is 0 Å². The first-order valence-corrected chi connectivity index (χ1v) is 8.13. The molecule has 110 valence electrons. The predicted molar refractivity (Wildman–Crippen MR) is 72.5 cm³/mol. The highest BCUT2D eigenvalue weighted by Crippen LogP contribution is 2.32. The summed E-state index contributed by atoms with van der Waals surface area (Å²) in [6, 6.07) is 2.08. The molecule has 1 aromatic carbocycles. The Hall–Kier alpha value is -1.06. The van der Waals surface area contributed by atoms with E-state index < -0.39 is 44.9 Å². The maximum atomic E-state index is 13.8. The zero-order chi connectivity index (χ0) is 15.1. The van der Waals surface area contributed by atoms with Gasteiger partial charge in [-0.3, -0.25) is 4.79 Å². The molecule has 1 aliphatic rings. The summed E-state index contributed by atoms with van der Waals surface area (Å²) in [5, 5.41) is 4.91. The number of benzene rings is 1. The van der Waals surface area contributed by atoms with Crippen molar-refractivity contribution in [2.45, 2.75) is 6.42 Å². The fourth-order valence-electron chi connectivity index (χ4n) is 2.23. The summed E-state index contributed by atoms with van der Waals surface area (Å²) < 4.78 is 49.8. The molecular weight excluding hydrogens is 358 g/mol. The van der Waals surface area contributed by atoms with Gasteiger partial charge in [0, 0.05) is 23.4 Å². The van der Waals surface area contributed by atoms with Crippen LogP contribution in [-0.2, 0) is 14.8 Å². The second-order valence-electron chi connectivity index (χ2n) is 4.62. The lowest BCUT2D eigenvalue weighted by Gasteiger charge is -2.18. The van der Waals surface area contributed by atoms with Gasteiger partial charge in [-0.1, -0.05) is 15.9 Å². The zero-order valence-corrected chi connectivity index (χ0v) is 12.5. The maximum absolute atomic E-state index is 13.8. The predicted octanol–water partition coefficient (Wildman–Crippen LogP) is 1.37. The summed E-state index contributed by atoms with van der Waals surface area (Å²) in [4.78, 5) is 12.7. The molecule has 1 atom stereocenters. The van der Waals surface area contributed by atoms with Crippen molar-refractivity contribution in [3.05, 3.63) is 28.2 Å². The minimum absolute atomic E-state index is 0.0786. The summed E-state index contributed by atoms with van der Waals surface area (Å²) in [7, 11) is -3.74. The van der Waals surface area contributed by atoms with E-state index in [1.165, 1.54) is 0 Å². The van der Waals surface area contributed by atoms with Crippen molar-refractivity contribution in [2.24, 2.45) is 11.1 Å². The first-order chi connectivity index (χ1) is 9.17. The normalized spacial score (nSPS) is 19.7. The number of sulfonamides is 1. The molecule has 1 aliphatic heterocycles. The Bertz CT molecular complexity index is 643. The quantitative estimate of drug-likeness (QED) is 0.874. The Morgan fingerprint density at radius 1 is 1.35 bits per heavy atom. The number of halogens is 3. The van der Waals surface area contributed by atoms with Gasteiger partial charge < -0.3 is 4.90 Å². The number of rotatable bonds is 3. The van der Waals surface area contributed by atoms with Gasteiger partial charge in [0.1, 0.15) is 5.69 Å². The largest absolute Gasteiger partial charge is 0.307 e. The summed E-state index contributed by atoms with van der Waals surface area (Å²) >= 11 is 2.94. The lowest BCUT2D eigenvalue weighted by atomic mass is 10.1. The highest BCUT2D eigenvalue weighted by atomic mass is 79.9. The van der Waals surface area contributed by atoms with E-state index in [4.69, 9.17) is 5.14 Å². The van der Waals surface area contributed by atoms with Gasteiger partial charge in [-0.25, -0.2) is 22.3 Å². The fourth-order valence-corrected chi connectivity index (χ4v) is 3.51. The van der Waals surface area contributed by atoms with Crippen LogP contribution in [0.1, 0.15) is 6.42 Å². The Morgan fingerprint density at radius 2 is 1.90 bits per heavy atom. The van der Waals surface area contributed by atoms with Crippen LogP contribution in [0.4, 0.5) is 14.5 Å². The zero-order valence-electron chi connectivity index (χ0n) is 10.1. The third-order valence-corrected chi connectivity index (χ3v) is 4.32. The molecule has 1 fully saturated rings. The molecule has 0 aromatic heterocycles. The third kappa shape index (κ3) is 3.33. The second-order valence-corrected chi connectivity index (χ2v) is 7.20. The van der Waals surface area contributed by atoms with Gasteiger partial charge in [0.15, 0.2) is 11.6 Å². The topological polar surface area (TPSA) is 80.5 Å². The van der Waals surface area contributed by atoms with E-state index in [2.05, 4.69) is 15.9 Å². The van der Waals surface area contributed by atoms with E-state index >= 15 is 0 Å². The van der Waals surface area contributed by atoms with Gasteiger partial charge in [-0.2, -0.15) is 0 Å². The van der Waals surface area contributed by atoms with Crippen molar-refractivity contribution in [1.82, 2.24) is 0 Å². The lowest BCUT2D eigenvalue weighted by molar-refractivity contribution is -0.117. The highest BCUT2D eigenvalue weighted by Gasteiger charge is 2.35. The number of anilines is 1. The Balaban J connectivity index is 2.29. The van der Waals surface area contributed by atoms with E-state index in [0.29, 0.717) is 0 Å². The average Bonchev–Trinajstić information content (AvgIpc) is 2.55. The Labute approximate surface area is 122 Å². The molecule has 1 unspecified atom stereocenters. The van der Waals surface area contributed by atoms with Crippen molar-refractivity contribution in [1.29, 1.82) is 0 Å². The van der Waals surface area contributed by atoms with Crippen molar-refractivity contribution >= 4 is 37.5 Å². The fraction of sp³-hybridized carbons (Fsp3) is 0.364. The van der Waals surface area contributed by atoms with Crippen molar-refractivity contribution in [3.8, 4) is 0 Å². The standard InChI is InChI=1S/C11H11BrF2N2O3S/c12-7-2-8(13)11(9(14)3-7)16-4-6(1-10(16)17)5-20(15,18)19/h2-3,6H,1,4-5H2,(H2,15,18,19). The summed E-state index contributed by atoms with van der Waals surface area (Å²) in [5.41, 5.74) is -0.463. The van der Waals surface area contributed by atoms with Crippen molar-refractivity contribution in [2.75, 3.05) is 17.2 Å². The Kier molecular flexibility index (Phi) is 4.12. The molecule has 20 heavy (non-hydrogen) atoms. The first-order valence-electron chi connectivity index (χ1n) is 5.63. The van der Waals surface area contributed by atoms with Crippen LogP contribution in [0, 0.1) is 17.6 Å². The van der Waals surface area contributed by atoms with Crippen molar-refractivity contribution in [3.63, 3.8) is 0 Å². The minimum Gasteiger partial charge on any atom is -0.307 e. The number of nitrogens with zero attached hydrogens (tertiary/aromatic N) is 1. The summed E-state index contributed by atoms with van der Waals surface area (Å²) in [5.74, 6) is -3.27. The molecule has 1 amide bonds. The van der Waals surface area contributed by atoms with Crippen LogP contribution < -0.4 is 10.0 Å². The smallest absolute Gasteiger partial charge is 0.227 e. The number of carbonyl (C=O) groups excluding carboxylic acids is 1. The summed E-state index contributed by atoms with van der Waals surface area (Å²) in [6.45, 7) is -0.0786.